The van der Waals surface area contributed by atoms with E-state index in [0.29, 0.717) is 19.4 Å². The molecular weight excluding hydrogens is 246 g/mol. The number of urea groups is 1. The Hall–Kier alpha value is -1.43. The number of likely N-dealkylation sites (tertiary alicyclic amines) is 1. The molecule has 2 aliphatic heterocycles. The number of hydrogen-bond donors (Lipinski definition) is 1. The Bertz CT molecular complexity index is 417. The normalized spacial score (nSPS) is 27.8. The van der Waals surface area contributed by atoms with Crippen molar-refractivity contribution in [1.82, 2.24) is 15.1 Å². The number of hydrogen-bond acceptors (Lipinski definition) is 4. The number of amides is 4. The van der Waals surface area contributed by atoms with Gasteiger partial charge in [0, 0.05) is 6.54 Å². The second-order valence-corrected chi connectivity index (χ2v) is 5.43. The van der Waals surface area contributed by atoms with Crippen LogP contribution in [0.3, 0.4) is 0 Å². The molecule has 0 aromatic rings. The van der Waals surface area contributed by atoms with Crippen molar-refractivity contribution in [2.24, 2.45) is 5.41 Å². The van der Waals surface area contributed by atoms with Crippen LogP contribution in [-0.4, -0.2) is 53.8 Å². The Balaban J connectivity index is 2.31. The van der Waals surface area contributed by atoms with Crippen LogP contribution in [0.1, 0.15) is 33.1 Å². The highest BCUT2D eigenvalue weighted by Crippen LogP contribution is 2.34. The van der Waals surface area contributed by atoms with E-state index >= 15 is 0 Å². The molecule has 1 atom stereocenters. The summed E-state index contributed by atoms with van der Waals surface area (Å²) in [7, 11) is 1.96. The largest absolute Gasteiger partial charge is 0.331 e. The van der Waals surface area contributed by atoms with Crippen molar-refractivity contribution >= 4 is 17.8 Å². The molecule has 2 rings (SSSR count). The maximum Gasteiger partial charge on any atom is 0.331 e. The van der Waals surface area contributed by atoms with Crippen molar-refractivity contribution in [1.29, 1.82) is 0 Å². The highest BCUT2D eigenvalue weighted by molar-refractivity contribution is 6.19. The minimum absolute atomic E-state index is 0.122. The van der Waals surface area contributed by atoms with Crippen LogP contribution >= 0.6 is 0 Å². The van der Waals surface area contributed by atoms with Gasteiger partial charge in [-0.05, 0) is 32.9 Å². The lowest BCUT2D eigenvalue weighted by Crippen LogP contribution is -2.66. The van der Waals surface area contributed by atoms with Crippen molar-refractivity contribution < 1.29 is 14.4 Å². The van der Waals surface area contributed by atoms with Crippen LogP contribution in [0.4, 0.5) is 4.79 Å². The lowest BCUT2D eigenvalue weighted by molar-refractivity contribution is -0.153. The molecule has 6 nitrogen and oxygen atoms in total. The Labute approximate surface area is 113 Å². The average Bonchev–Trinajstić information content (AvgIpc) is 2.77. The summed E-state index contributed by atoms with van der Waals surface area (Å²) in [5.74, 6) is -0.776. The molecule has 0 aliphatic carbocycles. The predicted molar refractivity (Wildman–Crippen MR) is 69.3 cm³/mol. The zero-order chi connectivity index (χ0) is 14.2. The standard InChI is InChI=1S/C13H21N3O3/c1-4-13(5-2)10(17)14-12(19)16(11(13)18)9-6-7-15(3)8-9/h9H,4-8H2,1-3H3,(H,14,17,19). The number of barbiturate groups is 1. The number of carbonyl (C=O) groups excluding carboxylic acids is 3. The van der Waals surface area contributed by atoms with Gasteiger partial charge in [-0.1, -0.05) is 13.8 Å². The van der Waals surface area contributed by atoms with Gasteiger partial charge in [-0.2, -0.15) is 0 Å². The third-order valence-electron chi connectivity index (χ3n) is 4.44. The highest BCUT2D eigenvalue weighted by atomic mass is 16.2. The zero-order valence-electron chi connectivity index (χ0n) is 11.7. The van der Waals surface area contributed by atoms with Gasteiger partial charge in [0.15, 0.2) is 0 Å². The minimum atomic E-state index is -1.07. The first-order chi connectivity index (χ1) is 8.96. The molecule has 2 fully saturated rings. The van der Waals surface area contributed by atoms with Gasteiger partial charge >= 0.3 is 6.03 Å². The molecule has 1 N–H and O–H groups in total. The SMILES string of the molecule is CCC1(CC)C(=O)NC(=O)N(C2CCN(C)C2)C1=O. The fourth-order valence-corrected chi connectivity index (χ4v) is 3.02. The van der Waals surface area contributed by atoms with Gasteiger partial charge in [0.1, 0.15) is 5.41 Å². The van der Waals surface area contributed by atoms with Crippen molar-refractivity contribution in [3.05, 3.63) is 0 Å². The van der Waals surface area contributed by atoms with Gasteiger partial charge in [-0.25, -0.2) is 4.79 Å². The molecule has 19 heavy (non-hydrogen) atoms. The molecule has 0 aromatic carbocycles. The number of imide groups is 2. The van der Waals surface area contributed by atoms with Crippen LogP contribution in [0.25, 0.3) is 0 Å². The molecule has 0 saturated carbocycles. The minimum Gasteiger partial charge on any atom is -0.304 e. The Morgan fingerprint density at radius 1 is 1.26 bits per heavy atom. The fraction of sp³-hybridized carbons (Fsp3) is 0.769. The Morgan fingerprint density at radius 3 is 2.37 bits per heavy atom. The number of rotatable bonds is 3. The second-order valence-electron chi connectivity index (χ2n) is 5.43. The predicted octanol–water partition coefficient (Wildman–Crippen LogP) is 0.575. The molecular formula is C13H21N3O3. The molecule has 6 heteroatoms. The summed E-state index contributed by atoms with van der Waals surface area (Å²) in [6.45, 7) is 5.17. The van der Waals surface area contributed by atoms with Crippen LogP contribution in [0.5, 0.6) is 0 Å². The van der Waals surface area contributed by atoms with E-state index in [0.717, 1.165) is 13.0 Å². The summed E-state index contributed by atoms with van der Waals surface area (Å²) in [5.41, 5.74) is -1.07. The van der Waals surface area contributed by atoms with Gasteiger partial charge in [0.2, 0.25) is 11.8 Å². The van der Waals surface area contributed by atoms with Crippen LogP contribution in [0.15, 0.2) is 0 Å². The first kappa shape index (κ1) is 14.0. The molecule has 2 aliphatic rings. The molecule has 4 amide bonds. The molecule has 0 radical (unpaired) electrons. The maximum absolute atomic E-state index is 12.6. The molecule has 0 aromatic heterocycles. The summed E-state index contributed by atoms with van der Waals surface area (Å²) < 4.78 is 0. The molecule has 2 saturated heterocycles. The third-order valence-corrected chi connectivity index (χ3v) is 4.44. The molecule has 1 unspecified atom stereocenters. The smallest absolute Gasteiger partial charge is 0.304 e. The topological polar surface area (TPSA) is 69.7 Å². The van der Waals surface area contributed by atoms with Gasteiger partial charge in [0.25, 0.3) is 0 Å². The van der Waals surface area contributed by atoms with E-state index in [1.807, 2.05) is 20.9 Å². The number of likely N-dealkylation sites (N-methyl/N-ethyl adjacent to an activating group) is 1. The van der Waals surface area contributed by atoms with Gasteiger partial charge in [0.05, 0.1) is 6.04 Å². The van der Waals surface area contributed by atoms with E-state index < -0.39 is 17.4 Å². The first-order valence-electron chi connectivity index (χ1n) is 6.84. The van der Waals surface area contributed by atoms with Crippen molar-refractivity contribution in [2.75, 3.05) is 20.1 Å². The van der Waals surface area contributed by atoms with Crippen molar-refractivity contribution in [3.8, 4) is 0 Å². The number of nitrogens with zero attached hydrogens (tertiary/aromatic N) is 2. The Kier molecular flexibility index (Phi) is 3.62. The van der Waals surface area contributed by atoms with E-state index in [1.165, 1.54) is 4.90 Å². The molecule has 2 heterocycles. The lowest BCUT2D eigenvalue weighted by atomic mass is 9.78. The van der Waals surface area contributed by atoms with Gasteiger partial charge < -0.3 is 4.90 Å². The summed E-state index contributed by atoms with van der Waals surface area (Å²) in [5, 5.41) is 2.35. The lowest BCUT2D eigenvalue weighted by Gasteiger charge is -2.40. The quantitative estimate of drug-likeness (QED) is 0.759. The van der Waals surface area contributed by atoms with E-state index in [-0.39, 0.29) is 11.9 Å². The van der Waals surface area contributed by atoms with Crippen LogP contribution in [0.2, 0.25) is 0 Å². The van der Waals surface area contributed by atoms with Crippen molar-refractivity contribution in [2.45, 2.75) is 39.2 Å². The number of nitrogens with one attached hydrogen (secondary N) is 1. The maximum atomic E-state index is 12.6. The van der Waals surface area contributed by atoms with Crippen molar-refractivity contribution in [3.63, 3.8) is 0 Å². The van der Waals surface area contributed by atoms with E-state index in [4.69, 9.17) is 0 Å². The van der Waals surface area contributed by atoms with E-state index in [2.05, 4.69) is 10.2 Å². The van der Waals surface area contributed by atoms with E-state index in [1.54, 1.807) is 0 Å². The summed E-state index contributed by atoms with van der Waals surface area (Å²) in [6, 6.07) is -0.684. The molecule has 0 spiro atoms. The summed E-state index contributed by atoms with van der Waals surface area (Å²) in [4.78, 5) is 40.0. The van der Waals surface area contributed by atoms with Gasteiger partial charge in [-0.15, -0.1) is 0 Å². The zero-order valence-corrected chi connectivity index (χ0v) is 11.7. The second kappa shape index (κ2) is 4.92. The summed E-state index contributed by atoms with van der Waals surface area (Å²) >= 11 is 0. The third kappa shape index (κ3) is 2.04. The monoisotopic (exact) mass is 267 g/mol. The first-order valence-corrected chi connectivity index (χ1v) is 6.84. The molecule has 0 bridgehead atoms. The number of carbonyl (C=O) groups is 3. The highest BCUT2D eigenvalue weighted by Gasteiger charge is 2.53. The molecule has 106 valence electrons. The van der Waals surface area contributed by atoms with Gasteiger partial charge in [-0.3, -0.25) is 19.8 Å². The van der Waals surface area contributed by atoms with Crippen LogP contribution in [0, 0.1) is 5.41 Å². The summed E-state index contributed by atoms with van der Waals surface area (Å²) in [6.07, 6.45) is 1.61. The van der Waals surface area contributed by atoms with Crippen LogP contribution < -0.4 is 5.32 Å². The Morgan fingerprint density at radius 2 is 1.89 bits per heavy atom. The average molecular weight is 267 g/mol. The fourth-order valence-electron chi connectivity index (χ4n) is 3.02. The van der Waals surface area contributed by atoms with Crippen LogP contribution in [-0.2, 0) is 9.59 Å². The van der Waals surface area contributed by atoms with E-state index in [9.17, 15) is 14.4 Å².